The van der Waals surface area contributed by atoms with Gasteiger partial charge in [-0.1, -0.05) is 0 Å². The summed E-state index contributed by atoms with van der Waals surface area (Å²) in [6, 6.07) is 2.44. The summed E-state index contributed by atoms with van der Waals surface area (Å²) in [5, 5.41) is 7.30. The van der Waals surface area contributed by atoms with Gasteiger partial charge in [-0.15, -0.1) is 0 Å². The van der Waals surface area contributed by atoms with E-state index < -0.39 is 23.4 Å². The van der Waals surface area contributed by atoms with Crippen molar-refractivity contribution >= 4 is 11.9 Å². The number of hydrogen-bond acceptors (Lipinski definition) is 7. The van der Waals surface area contributed by atoms with E-state index in [-0.39, 0.29) is 37.7 Å². The lowest BCUT2D eigenvalue weighted by Gasteiger charge is -2.40. The molecule has 0 radical (unpaired) electrons. The minimum absolute atomic E-state index is 0.133. The number of aromatic nitrogens is 3. The van der Waals surface area contributed by atoms with Crippen LogP contribution < -0.4 is 15.0 Å². The van der Waals surface area contributed by atoms with Crippen LogP contribution in [0.3, 0.4) is 0 Å². The first-order chi connectivity index (χ1) is 15.9. The van der Waals surface area contributed by atoms with Gasteiger partial charge < -0.3 is 24.4 Å². The number of fused-ring (bicyclic) bond motifs is 5. The monoisotopic (exact) mass is 483 g/mol. The average Bonchev–Trinajstić information content (AvgIpc) is 3.14. The van der Waals surface area contributed by atoms with Crippen LogP contribution in [0, 0.1) is 0 Å². The van der Waals surface area contributed by atoms with Gasteiger partial charge in [0.25, 0.3) is 0 Å². The molecule has 186 valence electrons. The molecule has 4 heterocycles. The van der Waals surface area contributed by atoms with Crippen molar-refractivity contribution in [2.75, 3.05) is 24.7 Å². The van der Waals surface area contributed by atoms with Crippen LogP contribution in [0.25, 0.3) is 0 Å². The van der Waals surface area contributed by atoms with Crippen LogP contribution in [0.15, 0.2) is 18.3 Å². The molecule has 0 aliphatic carbocycles. The maximum absolute atomic E-state index is 13.0. The zero-order chi connectivity index (χ0) is 24.7. The fourth-order valence-electron chi connectivity index (χ4n) is 3.93. The summed E-state index contributed by atoms with van der Waals surface area (Å²) in [6.45, 7) is 9.02. The Morgan fingerprint density at radius 1 is 1.29 bits per heavy atom. The number of alkyl halides is 3. The highest BCUT2D eigenvalue weighted by Gasteiger charge is 2.38. The van der Waals surface area contributed by atoms with Gasteiger partial charge in [0, 0.05) is 12.7 Å². The van der Waals surface area contributed by atoms with Crippen molar-refractivity contribution in [3.8, 4) is 5.75 Å². The molecular weight excluding hydrogens is 455 g/mol. The molecule has 1 N–H and O–H groups in total. The largest absolute Gasteiger partial charge is 0.487 e. The van der Waals surface area contributed by atoms with Crippen molar-refractivity contribution in [2.24, 2.45) is 0 Å². The minimum Gasteiger partial charge on any atom is -0.487 e. The molecule has 2 aromatic rings. The lowest BCUT2D eigenvalue weighted by molar-refractivity contribution is -0.138. The van der Waals surface area contributed by atoms with E-state index in [9.17, 15) is 18.0 Å². The van der Waals surface area contributed by atoms with E-state index in [0.717, 1.165) is 18.0 Å². The van der Waals surface area contributed by atoms with E-state index in [0.29, 0.717) is 24.6 Å². The molecule has 0 saturated carbocycles. The quantitative estimate of drug-likeness (QED) is 0.694. The first-order valence-electron chi connectivity index (χ1n) is 11.0. The van der Waals surface area contributed by atoms with Gasteiger partial charge in [-0.25, -0.2) is 9.78 Å². The van der Waals surface area contributed by atoms with E-state index in [1.807, 2.05) is 22.6 Å². The summed E-state index contributed by atoms with van der Waals surface area (Å²) in [4.78, 5) is 17.8. The lowest BCUT2D eigenvalue weighted by Crippen LogP contribution is -2.44. The SMILES string of the molecule is C[C@@H](COCc1cc2n(n1)CCN1c3ncc(C(F)(F)F)cc3OCC21)NC(=O)OC(C)(C)C. The number of hydrogen-bond donors (Lipinski definition) is 1. The lowest BCUT2D eigenvalue weighted by atomic mass is 10.1. The summed E-state index contributed by atoms with van der Waals surface area (Å²) < 4.78 is 57.5. The number of nitrogens with zero attached hydrogens (tertiary/aromatic N) is 4. The van der Waals surface area contributed by atoms with E-state index >= 15 is 0 Å². The van der Waals surface area contributed by atoms with E-state index in [1.165, 1.54) is 0 Å². The summed E-state index contributed by atoms with van der Waals surface area (Å²) in [5.74, 6) is 0.533. The fourth-order valence-corrected chi connectivity index (χ4v) is 3.93. The molecule has 0 fully saturated rings. The van der Waals surface area contributed by atoms with Crippen LogP contribution in [0.4, 0.5) is 23.8 Å². The molecule has 0 bridgehead atoms. The second-order valence-electron chi connectivity index (χ2n) is 9.41. The highest BCUT2D eigenvalue weighted by atomic mass is 19.4. The smallest absolute Gasteiger partial charge is 0.418 e. The van der Waals surface area contributed by atoms with Crippen molar-refractivity contribution in [2.45, 2.75) is 64.7 Å². The topological polar surface area (TPSA) is 90.7 Å². The number of pyridine rings is 1. The highest BCUT2D eigenvalue weighted by Crippen LogP contribution is 2.42. The Morgan fingerprint density at radius 3 is 2.76 bits per heavy atom. The molecule has 0 spiro atoms. The van der Waals surface area contributed by atoms with Gasteiger partial charge in [0.1, 0.15) is 18.2 Å². The summed E-state index contributed by atoms with van der Waals surface area (Å²) in [6.07, 6.45) is -4.14. The standard InChI is InChI=1S/C22H28F3N5O4/c1-13(27-20(31)34-21(2,3)4)10-32-11-15-8-16-17-12-33-18-7-14(22(23,24)25)9-26-19(18)29(17)5-6-30(16)28-15/h7-9,13,17H,5-6,10-12H2,1-4H3,(H,27,31)/t13-,17?/m0/s1. The molecular formula is C22H28F3N5O4. The zero-order valence-corrected chi connectivity index (χ0v) is 19.5. The molecule has 2 aromatic heterocycles. The zero-order valence-electron chi connectivity index (χ0n) is 19.5. The number of carbonyl (C=O) groups is 1. The van der Waals surface area contributed by atoms with Crippen LogP contribution in [-0.2, 0) is 28.8 Å². The molecule has 1 amide bonds. The van der Waals surface area contributed by atoms with Crippen molar-refractivity contribution in [1.82, 2.24) is 20.1 Å². The number of alkyl carbamates (subject to hydrolysis) is 1. The molecule has 2 aliphatic rings. The Bertz CT molecular complexity index is 1050. The maximum Gasteiger partial charge on any atom is 0.418 e. The second kappa shape index (κ2) is 8.97. The van der Waals surface area contributed by atoms with Crippen molar-refractivity contribution < 1.29 is 32.2 Å². The number of amides is 1. The van der Waals surface area contributed by atoms with Crippen LogP contribution in [0.1, 0.15) is 50.7 Å². The van der Waals surface area contributed by atoms with Gasteiger partial charge in [0.2, 0.25) is 0 Å². The van der Waals surface area contributed by atoms with Gasteiger partial charge in [-0.3, -0.25) is 4.68 Å². The predicted molar refractivity (Wildman–Crippen MR) is 116 cm³/mol. The van der Waals surface area contributed by atoms with E-state index in [4.69, 9.17) is 14.2 Å². The highest BCUT2D eigenvalue weighted by molar-refractivity contribution is 5.68. The molecule has 4 rings (SSSR count). The molecule has 1 unspecified atom stereocenters. The summed E-state index contributed by atoms with van der Waals surface area (Å²) in [7, 11) is 0. The van der Waals surface area contributed by atoms with Crippen molar-refractivity contribution in [3.63, 3.8) is 0 Å². The molecule has 9 nitrogen and oxygen atoms in total. The van der Waals surface area contributed by atoms with Crippen molar-refractivity contribution in [3.05, 3.63) is 35.3 Å². The van der Waals surface area contributed by atoms with Crippen LogP contribution in [0.2, 0.25) is 0 Å². The number of ether oxygens (including phenoxy) is 3. The van der Waals surface area contributed by atoms with Gasteiger partial charge in [-0.2, -0.15) is 18.3 Å². The summed E-state index contributed by atoms with van der Waals surface area (Å²) in [5.41, 5.74) is 0.194. The summed E-state index contributed by atoms with van der Waals surface area (Å²) >= 11 is 0. The molecule has 0 aromatic carbocycles. The van der Waals surface area contributed by atoms with Gasteiger partial charge in [-0.05, 0) is 39.8 Å². The fraction of sp³-hybridized carbons (Fsp3) is 0.591. The van der Waals surface area contributed by atoms with E-state index in [1.54, 1.807) is 20.8 Å². The Labute approximate surface area is 195 Å². The van der Waals surface area contributed by atoms with Gasteiger partial charge in [0.15, 0.2) is 11.6 Å². The number of nitrogens with one attached hydrogen (secondary N) is 1. The molecule has 2 aliphatic heterocycles. The molecule has 12 heteroatoms. The Hall–Kier alpha value is -3.02. The minimum atomic E-state index is -4.47. The third-order valence-corrected chi connectivity index (χ3v) is 5.34. The number of anilines is 1. The van der Waals surface area contributed by atoms with Crippen LogP contribution in [0.5, 0.6) is 5.75 Å². The van der Waals surface area contributed by atoms with E-state index in [2.05, 4.69) is 15.4 Å². The van der Waals surface area contributed by atoms with Gasteiger partial charge >= 0.3 is 12.3 Å². The number of carbonyl (C=O) groups excluding carboxylic acids is 1. The first-order valence-corrected chi connectivity index (χ1v) is 11.0. The van der Waals surface area contributed by atoms with Crippen LogP contribution in [-0.4, -0.2) is 52.3 Å². The normalized spacial score (nSPS) is 18.3. The maximum atomic E-state index is 13.0. The Kier molecular flexibility index (Phi) is 6.36. The first kappa shape index (κ1) is 24.1. The molecule has 2 atom stereocenters. The second-order valence-corrected chi connectivity index (χ2v) is 9.41. The third-order valence-electron chi connectivity index (χ3n) is 5.34. The van der Waals surface area contributed by atoms with Crippen molar-refractivity contribution in [1.29, 1.82) is 0 Å². The number of halogens is 3. The van der Waals surface area contributed by atoms with Crippen LogP contribution >= 0.6 is 0 Å². The Morgan fingerprint density at radius 2 is 2.06 bits per heavy atom. The van der Waals surface area contributed by atoms with Gasteiger partial charge in [0.05, 0.1) is 42.8 Å². The predicted octanol–water partition coefficient (Wildman–Crippen LogP) is 3.68. The molecule has 0 saturated heterocycles. The Balaban J connectivity index is 1.36. The molecule has 34 heavy (non-hydrogen) atoms. The average molecular weight is 483 g/mol. The third kappa shape index (κ3) is 5.37. The number of rotatable bonds is 5.